The number of hydrogen-bond donors (Lipinski definition) is 0. The van der Waals surface area contributed by atoms with Crippen molar-refractivity contribution in [3.63, 3.8) is 0 Å². The highest BCUT2D eigenvalue weighted by Crippen LogP contribution is 2.25. The summed E-state index contributed by atoms with van der Waals surface area (Å²) >= 11 is 0. The summed E-state index contributed by atoms with van der Waals surface area (Å²) in [5.74, 6) is -0.244. The number of ether oxygens (including phenoxy) is 1. The number of allylic oxidation sites excluding steroid dienone is 1. The van der Waals surface area contributed by atoms with Gasteiger partial charge in [0.2, 0.25) is 0 Å². The van der Waals surface area contributed by atoms with Gasteiger partial charge in [-0.15, -0.1) is 0 Å². The van der Waals surface area contributed by atoms with Crippen LogP contribution in [0.2, 0.25) is 6.04 Å². The SMILES string of the molecule is CC=CC(=O)OCCCCCCCCC[Si](OC(C)C)(OC(C)C)OC(C)C. The summed E-state index contributed by atoms with van der Waals surface area (Å²) in [7, 11) is -2.64. The molecule has 0 N–H and O–H groups in total. The van der Waals surface area contributed by atoms with Gasteiger partial charge in [-0.2, -0.15) is 0 Å². The Morgan fingerprint density at radius 3 is 1.61 bits per heavy atom. The largest absolute Gasteiger partial charge is 0.501 e. The molecular weight excluding hydrogens is 372 g/mol. The molecule has 0 spiro atoms. The molecule has 0 bridgehead atoms. The maximum absolute atomic E-state index is 11.2. The van der Waals surface area contributed by atoms with Crippen LogP contribution in [0.25, 0.3) is 0 Å². The van der Waals surface area contributed by atoms with Crippen LogP contribution in [0.5, 0.6) is 0 Å². The predicted octanol–water partition coefficient (Wildman–Crippen LogP) is 6.05. The number of carbonyl (C=O) groups excluding carboxylic acids is 1. The minimum atomic E-state index is -2.64. The van der Waals surface area contributed by atoms with Crippen molar-refractivity contribution in [2.75, 3.05) is 6.61 Å². The van der Waals surface area contributed by atoms with E-state index in [9.17, 15) is 4.79 Å². The molecule has 6 heteroatoms. The maximum Gasteiger partial charge on any atom is 0.501 e. The van der Waals surface area contributed by atoms with E-state index in [2.05, 4.69) is 0 Å². The van der Waals surface area contributed by atoms with Crippen molar-refractivity contribution in [3.05, 3.63) is 12.2 Å². The van der Waals surface area contributed by atoms with Crippen LogP contribution in [0, 0.1) is 0 Å². The summed E-state index contributed by atoms with van der Waals surface area (Å²) in [4.78, 5) is 11.2. The van der Waals surface area contributed by atoms with Gasteiger partial charge in [-0.05, 0) is 61.3 Å². The molecule has 0 aromatic rings. The van der Waals surface area contributed by atoms with Crippen LogP contribution in [0.3, 0.4) is 0 Å². The van der Waals surface area contributed by atoms with Crippen molar-refractivity contribution in [3.8, 4) is 0 Å². The molecule has 5 nitrogen and oxygen atoms in total. The smallest absolute Gasteiger partial charge is 0.463 e. The predicted molar refractivity (Wildman–Crippen MR) is 117 cm³/mol. The normalized spacial score (nSPS) is 12.6. The molecule has 28 heavy (non-hydrogen) atoms. The molecule has 0 saturated heterocycles. The monoisotopic (exact) mass is 416 g/mol. The standard InChI is InChI=1S/C22H44O5Si/c1-8-16-22(23)24-17-14-12-10-9-11-13-15-18-28(25-19(2)3,26-20(4)5)27-21(6)7/h8,16,19-21H,9-15,17-18H2,1-7H3. The molecule has 166 valence electrons. The zero-order valence-corrected chi connectivity index (χ0v) is 20.3. The molecule has 0 unspecified atom stereocenters. The molecule has 0 atom stereocenters. The van der Waals surface area contributed by atoms with Crippen LogP contribution in [-0.4, -0.2) is 39.7 Å². The first kappa shape index (κ1) is 27.3. The number of esters is 1. The van der Waals surface area contributed by atoms with E-state index in [1.165, 1.54) is 25.3 Å². The second kappa shape index (κ2) is 16.1. The Hall–Kier alpha value is -0.693. The minimum absolute atomic E-state index is 0.103. The van der Waals surface area contributed by atoms with E-state index in [0.29, 0.717) is 6.61 Å². The molecule has 0 amide bonds. The zero-order valence-electron chi connectivity index (χ0n) is 19.3. The van der Waals surface area contributed by atoms with Gasteiger partial charge in [0.05, 0.1) is 6.61 Å². The summed E-state index contributed by atoms with van der Waals surface area (Å²) in [6.45, 7) is 14.6. The average molecular weight is 417 g/mol. The molecule has 0 heterocycles. The first-order chi connectivity index (χ1) is 13.2. The highest BCUT2D eigenvalue weighted by molar-refractivity contribution is 6.60. The highest BCUT2D eigenvalue weighted by atomic mass is 28.4. The van der Waals surface area contributed by atoms with Crippen LogP contribution in [-0.2, 0) is 22.8 Å². The lowest BCUT2D eigenvalue weighted by molar-refractivity contribution is -0.137. The van der Waals surface area contributed by atoms with E-state index in [1.54, 1.807) is 6.08 Å². The maximum atomic E-state index is 11.2. The Morgan fingerprint density at radius 1 is 0.750 bits per heavy atom. The highest BCUT2D eigenvalue weighted by Gasteiger charge is 2.43. The summed E-state index contributed by atoms with van der Waals surface area (Å²) in [6, 6.07) is 0.877. The third-order valence-electron chi connectivity index (χ3n) is 3.92. The summed E-state index contributed by atoms with van der Waals surface area (Å²) in [5.41, 5.74) is 0. The minimum Gasteiger partial charge on any atom is -0.463 e. The van der Waals surface area contributed by atoms with Crippen molar-refractivity contribution < 1.29 is 22.8 Å². The lowest BCUT2D eigenvalue weighted by Gasteiger charge is -2.34. The fraction of sp³-hybridized carbons (Fsp3) is 0.864. The van der Waals surface area contributed by atoms with Gasteiger partial charge in [-0.1, -0.05) is 38.2 Å². The molecule has 0 aromatic carbocycles. The average Bonchev–Trinajstić information content (AvgIpc) is 2.54. The molecule has 0 radical (unpaired) electrons. The third kappa shape index (κ3) is 15.3. The molecule has 0 aliphatic rings. The van der Waals surface area contributed by atoms with E-state index in [1.807, 2.05) is 48.5 Å². The molecular formula is C22H44O5Si. The number of rotatable bonds is 17. The van der Waals surface area contributed by atoms with Gasteiger partial charge in [0.25, 0.3) is 0 Å². The quantitative estimate of drug-likeness (QED) is 0.125. The Labute approximate surface area is 174 Å². The molecule has 0 aliphatic carbocycles. The summed E-state index contributed by atoms with van der Waals surface area (Å²) < 4.78 is 23.7. The van der Waals surface area contributed by atoms with Crippen molar-refractivity contribution in [1.29, 1.82) is 0 Å². The topological polar surface area (TPSA) is 54.0 Å². The van der Waals surface area contributed by atoms with Gasteiger partial charge in [-0.25, -0.2) is 4.79 Å². The van der Waals surface area contributed by atoms with E-state index < -0.39 is 8.80 Å². The van der Waals surface area contributed by atoms with Gasteiger partial charge < -0.3 is 18.0 Å². The Balaban J connectivity index is 4.08. The lowest BCUT2D eigenvalue weighted by atomic mass is 10.1. The fourth-order valence-corrected chi connectivity index (χ4v) is 6.38. The molecule has 0 aliphatic heterocycles. The molecule has 0 saturated carbocycles. The molecule has 0 aromatic heterocycles. The van der Waals surface area contributed by atoms with Crippen LogP contribution in [0.1, 0.15) is 93.4 Å². The number of hydrogen-bond acceptors (Lipinski definition) is 5. The first-order valence-electron chi connectivity index (χ1n) is 11.0. The van der Waals surface area contributed by atoms with Gasteiger partial charge in [0.15, 0.2) is 0 Å². The Morgan fingerprint density at radius 2 is 1.18 bits per heavy atom. The third-order valence-corrected chi connectivity index (χ3v) is 7.38. The second-order valence-corrected chi connectivity index (χ2v) is 10.6. The Bertz CT molecular complexity index is 395. The zero-order chi connectivity index (χ0) is 21.4. The van der Waals surface area contributed by atoms with Crippen molar-refractivity contribution in [2.45, 2.75) is 118 Å². The van der Waals surface area contributed by atoms with E-state index in [-0.39, 0.29) is 24.3 Å². The fourth-order valence-electron chi connectivity index (χ4n) is 3.02. The summed E-state index contributed by atoms with van der Waals surface area (Å²) in [5, 5.41) is 0. The van der Waals surface area contributed by atoms with Crippen molar-refractivity contribution >= 4 is 14.8 Å². The molecule has 0 rings (SSSR count). The van der Waals surface area contributed by atoms with Gasteiger partial charge in [0, 0.05) is 30.4 Å². The Kier molecular flexibility index (Phi) is 15.7. The van der Waals surface area contributed by atoms with Gasteiger partial charge >= 0.3 is 14.8 Å². The van der Waals surface area contributed by atoms with Crippen LogP contribution >= 0.6 is 0 Å². The van der Waals surface area contributed by atoms with Crippen molar-refractivity contribution in [1.82, 2.24) is 0 Å². The van der Waals surface area contributed by atoms with Crippen LogP contribution in [0.4, 0.5) is 0 Å². The second-order valence-electron chi connectivity index (χ2n) is 8.08. The first-order valence-corrected chi connectivity index (χ1v) is 13.0. The lowest BCUT2D eigenvalue weighted by Crippen LogP contribution is -2.50. The van der Waals surface area contributed by atoms with E-state index >= 15 is 0 Å². The van der Waals surface area contributed by atoms with Crippen molar-refractivity contribution in [2.24, 2.45) is 0 Å². The summed E-state index contributed by atoms with van der Waals surface area (Å²) in [6.07, 6.45) is 11.3. The van der Waals surface area contributed by atoms with Gasteiger partial charge in [-0.3, -0.25) is 0 Å². The van der Waals surface area contributed by atoms with Crippen LogP contribution < -0.4 is 0 Å². The van der Waals surface area contributed by atoms with E-state index in [4.69, 9.17) is 18.0 Å². The number of carbonyl (C=O) groups is 1. The van der Waals surface area contributed by atoms with Crippen LogP contribution in [0.15, 0.2) is 12.2 Å². The van der Waals surface area contributed by atoms with E-state index in [0.717, 1.165) is 31.7 Å². The van der Waals surface area contributed by atoms with Gasteiger partial charge in [0.1, 0.15) is 0 Å². The number of unbranched alkanes of at least 4 members (excludes halogenated alkanes) is 6. The molecule has 0 fully saturated rings.